The van der Waals surface area contributed by atoms with Gasteiger partial charge >= 0.3 is 0 Å². The molecule has 0 saturated heterocycles. The molecule has 2 heterocycles. The summed E-state index contributed by atoms with van der Waals surface area (Å²) in [4.78, 5) is 4.46. The molecular weight excluding hydrogens is 442 g/mol. The summed E-state index contributed by atoms with van der Waals surface area (Å²) in [5.41, 5.74) is 3.15. The maximum atomic E-state index is 12.4. The molecule has 9 heteroatoms. The number of aromatic nitrogens is 3. The lowest BCUT2D eigenvalue weighted by Crippen LogP contribution is -2.05. The van der Waals surface area contributed by atoms with Crippen LogP contribution in [0.5, 0.6) is 17.2 Å². The van der Waals surface area contributed by atoms with E-state index in [4.69, 9.17) is 14.2 Å². The van der Waals surface area contributed by atoms with Gasteiger partial charge in [0.05, 0.1) is 24.7 Å². The number of hydrogen-bond donors (Lipinski definition) is 1. The van der Waals surface area contributed by atoms with E-state index in [0.29, 0.717) is 17.1 Å². The van der Waals surface area contributed by atoms with Gasteiger partial charge in [-0.2, -0.15) is 5.10 Å². The van der Waals surface area contributed by atoms with Gasteiger partial charge < -0.3 is 14.2 Å². The van der Waals surface area contributed by atoms with Crippen LogP contribution in [0, 0.1) is 0 Å². The van der Waals surface area contributed by atoms with E-state index in [1.807, 2.05) is 36.4 Å². The van der Waals surface area contributed by atoms with E-state index < -0.39 is 9.84 Å². The van der Waals surface area contributed by atoms with Gasteiger partial charge in [-0.3, -0.25) is 10.1 Å². The minimum atomic E-state index is -3.51. The lowest BCUT2D eigenvalue weighted by atomic mass is 10.2. The second-order valence-corrected chi connectivity index (χ2v) is 9.31. The third-order valence-corrected chi connectivity index (χ3v) is 6.00. The number of sulfone groups is 1. The zero-order chi connectivity index (χ0) is 23.3. The van der Waals surface area contributed by atoms with Crippen LogP contribution in [0.15, 0.2) is 78.0 Å². The Morgan fingerprint density at radius 3 is 2.24 bits per heavy atom. The number of H-pyrrole nitrogens is 1. The minimum Gasteiger partial charge on any atom is -0.497 e. The fourth-order valence-corrected chi connectivity index (χ4v) is 3.98. The highest BCUT2D eigenvalue weighted by Gasteiger charge is 2.16. The number of rotatable bonds is 9. The SMILES string of the molecule is COc1ccc(COc2ccc(COc3ccc(-c4ccn[nH]4)nc3)cc2S(C)(=O)=O)cc1. The van der Waals surface area contributed by atoms with Crippen LogP contribution in [0.2, 0.25) is 0 Å². The van der Waals surface area contributed by atoms with Crippen molar-refractivity contribution in [3.05, 3.63) is 84.2 Å². The summed E-state index contributed by atoms with van der Waals surface area (Å²) in [5, 5.41) is 6.76. The van der Waals surface area contributed by atoms with E-state index >= 15 is 0 Å². The molecule has 2 aromatic carbocycles. The van der Waals surface area contributed by atoms with Gasteiger partial charge in [0.2, 0.25) is 0 Å². The normalized spacial score (nSPS) is 11.2. The number of hydrogen-bond acceptors (Lipinski definition) is 7. The molecule has 0 radical (unpaired) electrons. The van der Waals surface area contributed by atoms with Crippen molar-refractivity contribution in [2.75, 3.05) is 13.4 Å². The largest absolute Gasteiger partial charge is 0.497 e. The number of methoxy groups -OCH3 is 1. The number of aromatic amines is 1. The molecule has 0 spiro atoms. The topological polar surface area (TPSA) is 103 Å². The van der Waals surface area contributed by atoms with E-state index in [-0.39, 0.29) is 18.1 Å². The Hall–Kier alpha value is -3.85. The van der Waals surface area contributed by atoms with Crippen LogP contribution in [0.4, 0.5) is 0 Å². The van der Waals surface area contributed by atoms with Gasteiger partial charge in [-0.25, -0.2) is 8.42 Å². The number of nitrogens with one attached hydrogen (secondary N) is 1. The second-order valence-electron chi connectivity index (χ2n) is 7.33. The summed E-state index contributed by atoms with van der Waals surface area (Å²) in [6.45, 7) is 0.420. The van der Waals surface area contributed by atoms with Crippen molar-refractivity contribution in [2.45, 2.75) is 18.1 Å². The van der Waals surface area contributed by atoms with Crippen molar-refractivity contribution >= 4 is 9.84 Å². The van der Waals surface area contributed by atoms with Gasteiger partial charge in [0.25, 0.3) is 0 Å². The van der Waals surface area contributed by atoms with Crippen LogP contribution in [-0.4, -0.2) is 37.0 Å². The zero-order valence-corrected chi connectivity index (χ0v) is 19.0. The lowest BCUT2D eigenvalue weighted by Gasteiger charge is -2.13. The van der Waals surface area contributed by atoms with Crippen LogP contribution in [-0.2, 0) is 23.1 Å². The average Bonchev–Trinajstić information content (AvgIpc) is 3.37. The maximum absolute atomic E-state index is 12.4. The summed E-state index contributed by atoms with van der Waals surface area (Å²) in [6, 6.07) is 17.8. The average molecular weight is 466 g/mol. The predicted octanol–water partition coefficient (Wildman–Crippen LogP) is 4.04. The first-order valence-corrected chi connectivity index (χ1v) is 12.0. The Kier molecular flexibility index (Phi) is 6.60. The second kappa shape index (κ2) is 9.74. The van der Waals surface area contributed by atoms with Gasteiger partial charge in [-0.15, -0.1) is 0 Å². The molecule has 4 aromatic rings. The van der Waals surface area contributed by atoms with E-state index in [1.54, 1.807) is 43.8 Å². The highest BCUT2D eigenvalue weighted by atomic mass is 32.2. The molecule has 0 bridgehead atoms. The molecule has 8 nitrogen and oxygen atoms in total. The molecule has 0 saturated carbocycles. The smallest absolute Gasteiger partial charge is 0.179 e. The van der Waals surface area contributed by atoms with Gasteiger partial charge in [0.15, 0.2) is 9.84 Å². The summed E-state index contributed by atoms with van der Waals surface area (Å²) >= 11 is 0. The van der Waals surface area contributed by atoms with Crippen molar-refractivity contribution in [3.8, 4) is 28.6 Å². The van der Waals surface area contributed by atoms with Crippen LogP contribution < -0.4 is 14.2 Å². The van der Waals surface area contributed by atoms with Crippen LogP contribution in [0.1, 0.15) is 11.1 Å². The van der Waals surface area contributed by atoms with Crippen molar-refractivity contribution < 1.29 is 22.6 Å². The highest BCUT2D eigenvalue weighted by molar-refractivity contribution is 7.90. The van der Waals surface area contributed by atoms with Crippen LogP contribution in [0.3, 0.4) is 0 Å². The highest BCUT2D eigenvalue weighted by Crippen LogP contribution is 2.27. The van der Waals surface area contributed by atoms with E-state index in [2.05, 4.69) is 15.2 Å². The van der Waals surface area contributed by atoms with Crippen LogP contribution >= 0.6 is 0 Å². The summed E-state index contributed by atoms with van der Waals surface area (Å²) in [7, 11) is -1.91. The summed E-state index contributed by atoms with van der Waals surface area (Å²) in [5.74, 6) is 1.60. The molecule has 0 aliphatic rings. The van der Waals surface area contributed by atoms with Crippen molar-refractivity contribution in [1.29, 1.82) is 0 Å². The molecule has 1 N–H and O–H groups in total. The molecule has 0 fully saturated rings. The minimum absolute atomic E-state index is 0.116. The number of ether oxygens (including phenoxy) is 3. The maximum Gasteiger partial charge on any atom is 0.179 e. The van der Waals surface area contributed by atoms with Gasteiger partial charge in [-0.05, 0) is 53.6 Å². The standard InChI is InChI=1S/C24H23N3O5S/c1-30-19-6-3-17(4-7-19)15-32-23-10-5-18(13-24(23)33(2,28)29)16-31-20-8-9-21(25-14-20)22-11-12-26-27-22/h3-14H,15-16H2,1-2H3,(H,26,27). The molecule has 0 unspecified atom stereocenters. The van der Waals surface area contributed by atoms with E-state index in [0.717, 1.165) is 29.0 Å². The van der Waals surface area contributed by atoms with Crippen molar-refractivity contribution in [3.63, 3.8) is 0 Å². The molecular formula is C24H23N3O5S. The molecule has 0 aliphatic heterocycles. The number of benzene rings is 2. The summed E-state index contributed by atoms with van der Waals surface area (Å²) in [6.07, 6.45) is 4.43. The first kappa shape index (κ1) is 22.3. The van der Waals surface area contributed by atoms with E-state index in [1.165, 1.54) is 0 Å². The monoisotopic (exact) mass is 465 g/mol. The molecule has 0 amide bonds. The quantitative estimate of drug-likeness (QED) is 0.398. The molecule has 170 valence electrons. The Morgan fingerprint density at radius 1 is 0.879 bits per heavy atom. The van der Waals surface area contributed by atoms with Gasteiger partial charge in [-0.1, -0.05) is 18.2 Å². The molecule has 4 rings (SSSR count). The Labute approximate surface area is 192 Å². The van der Waals surface area contributed by atoms with Gasteiger partial charge in [0.1, 0.15) is 35.4 Å². The number of nitrogens with zero attached hydrogens (tertiary/aromatic N) is 2. The molecule has 0 atom stereocenters. The first-order valence-electron chi connectivity index (χ1n) is 10.1. The fraction of sp³-hybridized carbons (Fsp3) is 0.167. The Bertz CT molecular complexity index is 1300. The number of pyridine rings is 1. The summed E-state index contributed by atoms with van der Waals surface area (Å²) < 4.78 is 41.5. The zero-order valence-electron chi connectivity index (χ0n) is 18.2. The third kappa shape index (κ3) is 5.69. The van der Waals surface area contributed by atoms with E-state index in [9.17, 15) is 8.42 Å². The van der Waals surface area contributed by atoms with Crippen LogP contribution in [0.25, 0.3) is 11.4 Å². The predicted molar refractivity (Wildman–Crippen MR) is 123 cm³/mol. The van der Waals surface area contributed by atoms with Crippen molar-refractivity contribution in [2.24, 2.45) is 0 Å². The third-order valence-electron chi connectivity index (χ3n) is 4.88. The molecule has 33 heavy (non-hydrogen) atoms. The van der Waals surface area contributed by atoms with Gasteiger partial charge in [0, 0.05) is 12.5 Å². The molecule has 2 aromatic heterocycles. The van der Waals surface area contributed by atoms with Crippen molar-refractivity contribution in [1.82, 2.24) is 15.2 Å². The Balaban J connectivity index is 1.44. The first-order chi connectivity index (χ1) is 15.9. The fourth-order valence-electron chi connectivity index (χ4n) is 3.12. The Morgan fingerprint density at radius 2 is 1.61 bits per heavy atom. The molecule has 0 aliphatic carbocycles. The lowest BCUT2D eigenvalue weighted by molar-refractivity contribution is 0.293.